The van der Waals surface area contributed by atoms with E-state index in [-0.39, 0.29) is 24.7 Å². The molecule has 1 N–H and O–H groups in total. The van der Waals surface area contributed by atoms with Gasteiger partial charge in [0.15, 0.2) is 0 Å². The van der Waals surface area contributed by atoms with E-state index in [1.165, 1.54) is 6.07 Å². The molecule has 0 aliphatic carbocycles. The number of rotatable bonds is 6. The van der Waals surface area contributed by atoms with Gasteiger partial charge in [0.05, 0.1) is 12.2 Å². The van der Waals surface area contributed by atoms with Gasteiger partial charge in [0.2, 0.25) is 11.7 Å². The Balaban J connectivity index is 1.43. The van der Waals surface area contributed by atoms with Crippen LogP contribution in [-0.4, -0.2) is 55.2 Å². The van der Waals surface area contributed by atoms with Crippen LogP contribution >= 0.6 is 0 Å². The fourth-order valence-corrected chi connectivity index (χ4v) is 3.24. The Morgan fingerprint density at radius 1 is 0.966 bits per heavy atom. The molecular formula is C22H24FN3O3. The first-order valence-corrected chi connectivity index (χ1v) is 9.58. The maximum atomic E-state index is 13.9. The van der Waals surface area contributed by atoms with Crippen LogP contribution in [0.5, 0.6) is 0 Å². The summed E-state index contributed by atoms with van der Waals surface area (Å²) < 4.78 is 13.9. The van der Waals surface area contributed by atoms with E-state index in [9.17, 15) is 18.8 Å². The number of halogens is 1. The molecule has 1 aliphatic rings. The predicted molar refractivity (Wildman–Crippen MR) is 108 cm³/mol. The van der Waals surface area contributed by atoms with Gasteiger partial charge in [0, 0.05) is 32.6 Å². The SMILES string of the molecule is Cc1ccc(CC(=O)C(=O)NCC(=O)N2CCN(c3ccccc3F)CC2)cc1. The third kappa shape index (κ3) is 5.40. The third-order valence-electron chi connectivity index (χ3n) is 4.96. The van der Waals surface area contributed by atoms with Gasteiger partial charge in [-0.2, -0.15) is 0 Å². The molecular weight excluding hydrogens is 373 g/mol. The second-order valence-corrected chi connectivity index (χ2v) is 7.09. The number of ketones is 1. The van der Waals surface area contributed by atoms with Gasteiger partial charge in [-0.15, -0.1) is 0 Å². The van der Waals surface area contributed by atoms with Crippen LogP contribution in [0.15, 0.2) is 48.5 Å². The molecule has 1 heterocycles. The van der Waals surface area contributed by atoms with Gasteiger partial charge in [-0.1, -0.05) is 42.0 Å². The van der Waals surface area contributed by atoms with Gasteiger partial charge in [-0.25, -0.2) is 4.39 Å². The quantitative estimate of drug-likeness (QED) is 0.754. The molecule has 3 rings (SSSR count). The lowest BCUT2D eigenvalue weighted by atomic mass is 10.1. The third-order valence-corrected chi connectivity index (χ3v) is 4.96. The van der Waals surface area contributed by atoms with Crippen LogP contribution in [0.1, 0.15) is 11.1 Å². The number of nitrogens with zero attached hydrogens (tertiary/aromatic N) is 2. The Morgan fingerprint density at radius 2 is 1.62 bits per heavy atom. The van der Waals surface area contributed by atoms with Crippen LogP contribution < -0.4 is 10.2 Å². The molecule has 1 saturated heterocycles. The lowest BCUT2D eigenvalue weighted by Gasteiger charge is -2.36. The Labute approximate surface area is 169 Å². The Bertz CT molecular complexity index is 890. The topological polar surface area (TPSA) is 69.7 Å². The summed E-state index contributed by atoms with van der Waals surface area (Å²) in [5.74, 6) is -1.88. The standard InChI is InChI=1S/C22H24FN3O3/c1-16-6-8-17(9-7-16)14-20(27)22(29)24-15-21(28)26-12-10-25(11-13-26)19-5-3-2-4-18(19)23/h2-9H,10-15H2,1H3,(H,24,29). The Morgan fingerprint density at radius 3 is 2.28 bits per heavy atom. The summed E-state index contributed by atoms with van der Waals surface area (Å²) in [5, 5.41) is 2.41. The second-order valence-electron chi connectivity index (χ2n) is 7.09. The summed E-state index contributed by atoms with van der Waals surface area (Å²) >= 11 is 0. The summed E-state index contributed by atoms with van der Waals surface area (Å²) in [7, 11) is 0. The van der Waals surface area contributed by atoms with Crippen LogP contribution in [0.4, 0.5) is 10.1 Å². The number of carbonyl (C=O) groups excluding carboxylic acids is 3. The van der Waals surface area contributed by atoms with Crippen molar-refractivity contribution >= 4 is 23.3 Å². The van der Waals surface area contributed by atoms with E-state index in [4.69, 9.17) is 0 Å². The van der Waals surface area contributed by atoms with Crippen molar-refractivity contribution in [1.29, 1.82) is 0 Å². The summed E-state index contributed by atoms with van der Waals surface area (Å²) in [6.07, 6.45) is 0.00161. The van der Waals surface area contributed by atoms with Crippen molar-refractivity contribution in [3.05, 3.63) is 65.5 Å². The van der Waals surface area contributed by atoms with E-state index in [1.807, 2.05) is 24.0 Å². The highest BCUT2D eigenvalue weighted by Crippen LogP contribution is 2.20. The summed E-state index contributed by atoms with van der Waals surface area (Å²) in [6.45, 7) is 3.60. The molecule has 2 aromatic rings. The molecule has 0 saturated carbocycles. The van der Waals surface area contributed by atoms with Crippen molar-refractivity contribution in [2.45, 2.75) is 13.3 Å². The smallest absolute Gasteiger partial charge is 0.288 e. The number of Topliss-reactive ketones (excluding diaryl/α,β-unsaturated/α-hetero) is 1. The molecule has 0 aromatic heterocycles. The Kier molecular flexibility index (Phi) is 6.59. The molecule has 7 heteroatoms. The van der Waals surface area contributed by atoms with Crippen LogP contribution in [0, 0.1) is 12.7 Å². The highest BCUT2D eigenvalue weighted by Gasteiger charge is 2.23. The van der Waals surface area contributed by atoms with Gasteiger partial charge in [0.1, 0.15) is 5.82 Å². The van der Waals surface area contributed by atoms with E-state index in [0.717, 1.165) is 11.1 Å². The van der Waals surface area contributed by atoms with E-state index < -0.39 is 11.7 Å². The average Bonchev–Trinajstić information content (AvgIpc) is 2.74. The molecule has 2 amide bonds. The largest absolute Gasteiger partial charge is 0.366 e. The van der Waals surface area contributed by atoms with Crippen LogP contribution in [0.25, 0.3) is 0 Å². The number of para-hydroxylation sites is 1. The maximum absolute atomic E-state index is 13.9. The second kappa shape index (κ2) is 9.32. The number of nitrogens with one attached hydrogen (secondary N) is 1. The summed E-state index contributed by atoms with van der Waals surface area (Å²) in [5.41, 5.74) is 2.35. The number of anilines is 1. The highest BCUT2D eigenvalue weighted by molar-refractivity contribution is 6.36. The molecule has 1 fully saturated rings. The fraction of sp³-hybridized carbons (Fsp3) is 0.318. The molecule has 0 spiro atoms. The molecule has 0 unspecified atom stereocenters. The monoisotopic (exact) mass is 397 g/mol. The minimum Gasteiger partial charge on any atom is -0.366 e. The zero-order chi connectivity index (χ0) is 20.8. The van der Waals surface area contributed by atoms with Crippen LogP contribution in [0.3, 0.4) is 0 Å². The minimum absolute atomic E-state index is 0.00161. The molecule has 1 aliphatic heterocycles. The average molecular weight is 397 g/mol. The van der Waals surface area contributed by atoms with Crippen molar-refractivity contribution in [2.75, 3.05) is 37.6 Å². The lowest BCUT2D eigenvalue weighted by molar-refractivity contribution is -0.139. The van der Waals surface area contributed by atoms with E-state index in [1.54, 1.807) is 35.2 Å². The first kappa shape index (κ1) is 20.5. The molecule has 0 atom stereocenters. The zero-order valence-corrected chi connectivity index (χ0v) is 16.4. The van der Waals surface area contributed by atoms with E-state index >= 15 is 0 Å². The number of benzene rings is 2. The van der Waals surface area contributed by atoms with Gasteiger partial charge in [-0.05, 0) is 24.6 Å². The first-order valence-electron chi connectivity index (χ1n) is 9.58. The normalized spacial score (nSPS) is 13.9. The number of hydrogen-bond acceptors (Lipinski definition) is 4. The lowest BCUT2D eigenvalue weighted by Crippen LogP contribution is -2.51. The van der Waals surface area contributed by atoms with Gasteiger partial charge in [0.25, 0.3) is 5.91 Å². The van der Waals surface area contributed by atoms with Crippen molar-refractivity contribution in [3.8, 4) is 0 Å². The van der Waals surface area contributed by atoms with Crippen LogP contribution in [-0.2, 0) is 20.8 Å². The maximum Gasteiger partial charge on any atom is 0.288 e. The van der Waals surface area contributed by atoms with E-state index in [2.05, 4.69) is 5.32 Å². The fourth-order valence-electron chi connectivity index (χ4n) is 3.24. The van der Waals surface area contributed by atoms with Crippen molar-refractivity contribution in [3.63, 3.8) is 0 Å². The van der Waals surface area contributed by atoms with Crippen molar-refractivity contribution in [1.82, 2.24) is 10.2 Å². The molecule has 6 nitrogen and oxygen atoms in total. The number of carbonyl (C=O) groups is 3. The number of amides is 2. The molecule has 0 bridgehead atoms. The number of hydrogen-bond donors (Lipinski definition) is 1. The minimum atomic E-state index is -0.760. The van der Waals surface area contributed by atoms with Crippen molar-refractivity contribution < 1.29 is 18.8 Å². The number of aryl methyl sites for hydroxylation is 1. The summed E-state index contributed by atoms with van der Waals surface area (Å²) in [6, 6.07) is 13.9. The van der Waals surface area contributed by atoms with Gasteiger partial charge < -0.3 is 15.1 Å². The molecule has 2 aromatic carbocycles. The van der Waals surface area contributed by atoms with Crippen LogP contribution in [0.2, 0.25) is 0 Å². The molecule has 29 heavy (non-hydrogen) atoms. The molecule has 0 radical (unpaired) electrons. The van der Waals surface area contributed by atoms with Crippen molar-refractivity contribution in [2.24, 2.45) is 0 Å². The van der Waals surface area contributed by atoms with Gasteiger partial charge >= 0.3 is 0 Å². The number of piperazine rings is 1. The highest BCUT2D eigenvalue weighted by atomic mass is 19.1. The summed E-state index contributed by atoms with van der Waals surface area (Å²) in [4.78, 5) is 39.9. The van der Waals surface area contributed by atoms with E-state index in [0.29, 0.717) is 31.9 Å². The Hall–Kier alpha value is -3.22. The zero-order valence-electron chi connectivity index (χ0n) is 16.4. The van der Waals surface area contributed by atoms with Gasteiger partial charge in [-0.3, -0.25) is 14.4 Å². The molecule has 152 valence electrons. The first-order chi connectivity index (χ1) is 13.9. The predicted octanol–water partition coefficient (Wildman–Crippen LogP) is 1.71.